The smallest absolute Gasteiger partial charge is 0.351 e. The van der Waals surface area contributed by atoms with Gasteiger partial charge in [-0.2, -0.15) is 0 Å². The van der Waals surface area contributed by atoms with E-state index in [4.69, 9.17) is 21.1 Å². The van der Waals surface area contributed by atoms with Crippen molar-refractivity contribution in [1.29, 1.82) is 0 Å². The van der Waals surface area contributed by atoms with Gasteiger partial charge in [0.25, 0.3) is 5.91 Å². The van der Waals surface area contributed by atoms with E-state index in [1.165, 1.54) is 25.4 Å². The van der Waals surface area contributed by atoms with Crippen molar-refractivity contribution in [2.24, 2.45) is 0 Å². The molecule has 2 rings (SSSR count). The predicted molar refractivity (Wildman–Crippen MR) is 88.4 cm³/mol. The summed E-state index contributed by atoms with van der Waals surface area (Å²) in [5.41, 5.74) is 2.53. The third-order valence-electron chi connectivity index (χ3n) is 3.00. The molecule has 0 aliphatic heterocycles. The number of rotatable bonds is 5. The Balaban J connectivity index is 2.04. The highest BCUT2D eigenvalue weighted by Crippen LogP contribution is 2.28. The molecule has 1 atom stereocenters. The van der Waals surface area contributed by atoms with Crippen LogP contribution in [-0.4, -0.2) is 30.1 Å². The highest BCUT2D eigenvalue weighted by atomic mass is 35.5. The molecule has 2 aromatic rings. The Kier molecular flexibility index (Phi) is 5.57. The number of aryl methyl sites for hydroxylation is 1. The predicted octanol–water partition coefficient (Wildman–Crippen LogP) is 3.30. The van der Waals surface area contributed by atoms with Gasteiger partial charge in [0.15, 0.2) is 6.10 Å². The zero-order chi connectivity index (χ0) is 17.0. The van der Waals surface area contributed by atoms with E-state index in [1.807, 2.05) is 0 Å². The van der Waals surface area contributed by atoms with Crippen LogP contribution in [0, 0.1) is 6.92 Å². The number of nitrogens with zero attached hydrogens (tertiary/aromatic N) is 1. The number of amides is 1. The number of aromatic nitrogens is 1. The lowest BCUT2D eigenvalue weighted by molar-refractivity contribution is -0.123. The van der Waals surface area contributed by atoms with E-state index < -0.39 is 18.0 Å². The summed E-state index contributed by atoms with van der Waals surface area (Å²) in [5, 5.41) is 3.08. The number of benzene rings is 1. The molecule has 0 saturated heterocycles. The Labute approximate surface area is 142 Å². The van der Waals surface area contributed by atoms with Crippen molar-refractivity contribution in [3.8, 4) is 5.75 Å². The Morgan fingerprint density at radius 2 is 2.13 bits per heavy atom. The molecule has 0 spiro atoms. The molecule has 0 saturated carbocycles. The third kappa shape index (κ3) is 4.20. The van der Waals surface area contributed by atoms with Gasteiger partial charge in [-0.1, -0.05) is 11.6 Å². The summed E-state index contributed by atoms with van der Waals surface area (Å²) >= 11 is 7.08. The van der Waals surface area contributed by atoms with Crippen LogP contribution in [0.2, 0.25) is 5.02 Å². The van der Waals surface area contributed by atoms with Gasteiger partial charge in [-0.15, -0.1) is 11.3 Å². The average molecular weight is 355 g/mol. The molecule has 122 valence electrons. The molecule has 8 heteroatoms. The second-order valence-electron chi connectivity index (χ2n) is 4.65. The molecule has 0 aliphatic carbocycles. The van der Waals surface area contributed by atoms with Gasteiger partial charge in [0.2, 0.25) is 0 Å². The minimum atomic E-state index is -0.979. The number of esters is 1. The van der Waals surface area contributed by atoms with Crippen LogP contribution in [0.25, 0.3) is 0 Å². The SMILES string of the molecule is COc1ccc(Cl)cc1NC(=O)C(C)OC(=O)c1scnc1C. The van der Waals surface area contributed by atoms with E-state index in [2.05, 4.69) is 10.3 Å². The topological polar surface area (TPSA) is 77.5 Å². The van der Waals surface area contributed by atoms with Gasteiger partial charge in [-0.3, -0.25) is 4.79 Å². The van der Waals surface area contributed by atoms with E-state index in [0.29, 0.717) is 27.0 Å². The first kappa shape index (κ1) is 17.2. The Morgan fingerprint density at radius 1 is 1.39 bits per heavy atom. The van der Waals surface area contributed by atoms with Crippen LogP contribution < -0.4 is 10.1 Å². The van der Waals surface area contributed by atoms with Crippen LogP contribution in [0.4, 0.5) is 5.69 Å². The third-order valence-corrected chi connectivity index (χ3v) is 4.15. The van der Waals surface area contributed by atoms with Crippen molar-refractivity contribution in [3.63, 3.8) is 0 Å². The number of carbonyl (C=O) groups excluding carboxylic acids is 2. The summed E-state index contributed by atoms with van der Waals surface area (Å²) in [4.78, 5) is 28.5. The Hall–Kier alpha value is -2.12. The molecule has 6 nitrogen and oxygen atoms in total. The molecule has 0 radical (unpaired) electrons. The molecule has 1 amide bonds. The molecule has 0 bridgehead atoms. The summed E-state index contributed by atoms with van der Waals surface area (Å²) in [6, 6.07) is 4.83. The van der Waals surface area contributed by atoms with Gasteiger partial charge >= 0.3 is 5.97 Å². The lowest BCUT2D eigenvalue weighted by atomic mass is 10.2. The fourth-order valence-corrected chi connectivity index (χ4v) is 2.63. The van der Waals surface area contributed by atoms with E-state index in [-0.39, 0.29) is 0 Å². The van der Waals surface area contributed by atoms with Crippen molar-refractivity contribution < 1.29 is 19.1 Å². The van der Waals surface area contributed by atoms with Crippen molar-refractivity contribution in [2.75, 3.05) is 12.4 Å². The average Bonchev–Trinajstić information content (AvgIpc) is 2.93. The number of carbonyl (C=O) groups is 2. The zero-order valence-electron chi connectivity index (χ0n) is 12.8. The lowest BCUT2D eigenvalue weighted by Crippen LogP contribution is -2.30. The van der Waals surface area contributed by atoms with Gasteiger partial charge < -0.3 is 14.8 Å². The normalized spacial score (nSPS) is 11.7. The number of hydrogen-bond acceptors (Lipinski definition) is 6. The number of anilines is 1. The van der Waals surface area contributed by atoms with Gasteiger partial charge in [0, 0.05) is 5.02 Å². The fraction of sp³-hybridized carbons (Fsp3) is 0.267. The first-order valence-electron chi connectivity index (χ1n) is 6.68. The Bertz CT molecular complexity index is 732. The first-order chi connectivity index (χ1) is 10.9. The largest absolute Gasteiger partial charge is 0.495 e. The van der Waals surface area contributed by atoms with Crippen LogP contribution >= 0.6 is 22.9 Å². The van der Waals surface area contributed by atoms with Crippen LogP contribution in [0.5, 0.6) is 5.75 Å². The minimum Gasteiger partial charge on any atom is -0.495 e. The molecular weight excluding hydrogens is 340 g/mol. The second-order valence-corrected chi connectivity index (χ2v) is 5.94. The number of nitrogens with one attached hydrogen (secondary N) is 1. The van der Waals surface area contributed by atoms with Gasteiger partial charge in [0.1, 0.15) is 10.6 Å². The number of thiazole rings is 1. The molecule has 0 fully saturated rings. The van der Waals surface area contributed by atoms with Crippen molar-refractivity contribution >= 4 is 40.5 Å². The van der Waals surface area contributed by atoms with Crippen molar-refractivity contribution in [2.45, 2.75) is 20.0 Å². The molecule has 0 aliphatic rings. The molecule has 1 unspecified atom stereocenters. The van der Waals surface area contributed by atoms with Crippen LogP contribution in [0.15, 0.2) is 23.7 Å². The van der Waals surface area contributed by atoms with Gasteiger partial charge in [-0.05, 0) is 32.0 Å². The lowest BCUT2D eigenvalue weighted by Gasteiger charge is -2.15. The summed E-state index contributed by atoms with van der Waals surface area (Å²) in [6.45, 7) is 3.19. The van der Waals surface area contributed by atoms with Crippen molar-refractivity contribution in [3.05, 3.63) is 39.3 Å². The molecule has 1 N–H and O–H groups in total. The number of methoxy groups -OCH3 is 1. The van der Waals surface area contributed by atoms with Crippen LogP contribution in [-0.2, 0) is 9.53 Å². The second kappa shape index (κ2) is 7.43. The number of halogens is 1. The monoisotopic (exact) mass is 354 g/mol. The van der Waals surface area contributed by atoms with Gasteiger partial charge in [0.05, 0.1) is 24.0 Å². The standard InChI is InChI=1S/C15H15ClN2O4S/c1-8-13(23-7-17-8)15(20)22-9(2)14(19)18-11-6-10(16)4-5-12(11)21-3/h4-7,9H,1-3H3,(H,18,19). The molecule has 23 heavy (non-hydrogen) atoms. The molecule has 1 aromatic carbocycles. The van der Waals surface area contributed by atoms with E-state index in [9.17, 15) is 9.59 Å². The first-order valence-corrected chi connectivity index (χ1v) is 7.93. The summed E-state index contributed by atoms with van der Waals surface area (Å²) < 4.78 is 10.3. The summed E-state index contributed by atoms with van der Waals surface area (Å²) in [6.07, 6.45) is -0.979. The highest BCUT2D eigenvalue weighted by molar-refractivity contribution is 7.11. The van der Waals surface area contributed by atoms with Crippen LogP contribution in [0.3, 0.4) is 0 Å². The van der Waals surface area contributed by atoms with E-state index in [1.54, 1.807) is 30.6 Å². The zero-order valence-corrected chi connectivity index (χ0v) is 14.3. The summed E-state index contributed by atoms with van der Waals surface area (Å²) in [5.74, 6) is -0.605. The highest BCUT2D eigenvalue weighted by Gasteiger charge is 2.22. The maximum Gasteiger partial charge on any atom is 0.351 e. The Morgan fingerprint density at radius 3 is 2.74 bits per heavy atom. The van der Waals surface area contributed by atoms with Crippen LogP contribution in [0.1, 0.15) is 22.3 Å². The molecule has 1 aromatic heterocycles. The molecule has 1 heterocycles. The van der Waals surface area contributed by atoms with Gasteiger partial charge in [-0.25, -0.2) is 9.78 Å². The van der Waals surface area contributed by atoms with E-state index >= 15 is 0 Å². The fourth-order valence-electron chi connectivity index (χ4n) is 1.78. The maximum absolute atomic E-state index is 12.2. The quantitative estimate of drug-likeness (QED) is 0.833. The number of ether oxygens (including phenoxy) is 2. The number of hydrogen-bond donors (Lipinski definition) is 1. The maximum atomic E-state index is 12.2. The molecular formula is C15H15ClN2O4S. The van der Waals surface area contributed by atoms with Crippen molar-refractivity contribution in [1.82, 2.24) is 4.98 Å². The summed E-state index contributed by atoms with van der Waals surface area (Å²) in [7, 11) is 1.48. The minimum absolute atomic E-state index is 0.380. The van der Waals surface area contributed by atoms with E-state index in [0.717, 1.165) is 0 Å².